The largest absolute Gasteiger partial charge is 0.457 e. The van der Waals surface area contributed by atoms with Crippen LogP contribution in [0.2, 0.25) is 5.02 Å². The quantitative estimate of drug-likeness (QED) is 0.235. The van der Waals surface area contributed by atoms with Gasteiger partial charge in [-0.15, -0.1) is 24.8 Å². The fourth-order valence-corrected chi connectivity index (χ4v) is 4.84. The second-order valence-electron chi connectivity index (χ2n) is 8.98. The van der Waals surface area contributed by atoms with Gasteiger partial charge in [-0.05, 0) is 92.7 Å². The third kappa shape index (κ3) is 7.50. The average Bonchev–Trinajstić information content (AvgIpc) is 2.87. The molecule has 0 atom stereocenters. The minimum atomic E-state index is 0. The summed E-state index contributed by atoms with van der Waals surface area (Å²) in [5.74, 6) is 1.74. The van der Waals surface area contributed by atoms with Crippen LogP contribution in [0.3, 0.4) is 0 Å². The number of halogens is 3. The summed E-state index contributed by atoms with van der Waals surface area (Å²) in [6, 6.07) is 27.4. The standard InChI is InChI=1S/C29H30ClN3O.2ClH/c30-22-8-15-27-28(17-19-32-29(27)20-22)33-24-11-9-23(10-12-24)31-18-16-21-6-13-26(14-7-21)34-25-4-2-1-3-5-25;;/h1-8,13-15,17,19-20,23-24,31H,9-12,16,18H2,(H,32,33);2*1H/t23-,24-;;. The van der Waals surface area contributed by atoms with Crippen molar-refractivity contribution in [1.82, 2.24) is 10.3 Å². The van der Waals surface area contributed by atoms with E-state index >= 15 is 0 Å². The van der Waals surface area contributed by atoms with Gasteiger partial charge >= 0.3 is 0 Å². The highest BCUT2D eigenvalue weighted by Crippen LogP contribution is 2.28. The normalized spacial score (nSPS) is 17.0. The lowest BCUT2D eigenvalue weighted by Crippen LogP contribution is -2.37. The third-order valence-corrected chi connectivity index (χ3v) is 6.78. The molecule has 0 radical (unpaired) electrons. The van der Waals surface area contributed by atoms with Crippen LogP contribution in [-0.4, -0.2) is 23.6 Å². The van der Waals surface area contributed by atoms with Gasteiger partial charge in [-0.3, -0.25) is 4.98 Å². The zero-order valence-corrected chi connectivity index (χ0v) is 22.4. The fraction of sp³-hybridized carbons (Fsp3) is 0.276. The van der Waals surface area contributed by atoms with Crippen molar-refractivity contribution in [1.29, 1.82) is 0 Å². The molecule has 4 nitrogen and oxygen atoms in total. The molecule has 0 aliphatic heterocycles. The first-order chi connectivity index (χ1) is 16.7. The van der Waals surface area contributed by atoms with Crippen LogP contribution in [0.15, 0.2) is 85.1 Å². The Morgan fingerprint density at radius 3 is 2.25 bits per heavy atom. The number of para-hydroxylation sites is 1. The van der Waals surface area contributed by atoms with E-state index in [1.165, 1.54) is 31.2 Å². The highest BCUT2D eigenvalue weighted by Gasteiger charge is 2.21. The topological polar surface area (TPSA) is 46.2 Å². The van der Waals surface area contributed by atoms with Gasteiger partial charge in [0.1, 0.15) is 11.5 Å². The predicted molar refractivity (Wildman–Crippen MR) is 156 cm³/mol. The molecular weight excluding hydrogens is 513 g/mol. The Kier molecular flexibility index (Phi) is 10.7. The number of anilines is 1. The van der Waals surface area contributed by atoms with Crippen molar-refractivity contribution in [3.8, 4) is 11.5 Å². The van der Waals surface area contributed by atoms with Crippen molar-refractivity contribution < 1.29 is 4.74 Å². The molecule has 7 heteroatoms. The summed E-state index contributed by atoms with van der Waals surface area (Å²) in [6.45, 7) is 0.997. The lowest BCUT2D eigenvalue weighted by molar-refractivity contribution is 0.356. The minimum Gasteiger partial charge on any atom is -0.457 e. The summed E-state index contributed by atoms with van der Waals surface area (Å²) < 4.78 is 5.88. The maximum atomic E-state index is 6.12. The molecule has 0 bridgehead atoms. The number of benzene rings is 3. The van der Waals surface area contributed by atoms with Crippen molar-refractivity contribution in [2.24, 2.45) is 0 Å². The molecule has 0 unspecified atom stereocenters. The smallest absolute Gasteiger partial charge is 0.127 e. The first kappa shape index (κ1) is 28.1. The molecule has 1 aliphatic carbocycles. The number of pyridine rings is 1. The van der Waals surface area contributed by atoms with E-state index in [1.807, 2.05) is 48.7 Å². The van der Waals surface area contributed by atoms with Gasteiger partial charge in [0, 0.05) is 34.4 Å². The number of fused-ring (bicyclic) bond motifs is 1. The molecule has 4 aromatic rings. The average molecular weight is 545 g/mol. The molecule has 36 heavy (non-hydrogen) atoms. The summed E-state index contributed by atoms with van der Waals surface area (Å²) in [4.78, 5) is 4.45. The van der Waals surface area contributed by atoms with Gasteiger partial charge in [-0.2, -0.15) is 0 Å². The number of hydrogen-bond acceptors (Lipinski definition) is 4. The van der Waals surface area contributed by atoms with Crippen molar-refractivity contribution in [3.63, 3.8) is 0 Å². The zero-order chi connectivity index (χ0) is 23.2. The van der Waals surface area contributed by atoms with Gasteiger partial charge in [0.25, 0.3) is 0 Å². The van der Waals surface area contributed by atoms with E-state index in [0.717, 1.165) is 46.1 Å². The molecule has 1 aromatic heterocycles. The van der Waals surface area contributed by atoms with E-state index in [4.69, 9.17) is 16.3 Å². The number of rotatable bonds is 8. The number of aromatic nitrogens is 1. The van der Waals surface area contributed by atoms with E-state index in [2.05, 4.69) is 52.0 Å². The van der Waals surface area contributed by atoms with Crippen molar-refractivity contribution in [2.45, 2.75) is 44.2 Å². The Morgan fingerprint density at radius 2 is 1.50 bits per heavy atom. The molecule has 0 saturated heterocycles. The molecule has 1 fully saturated rings. The maximum Gasteiger partial charge on any atom is 0.127 e. The molecule has 1 aliphatic rings. The predicted octanol–water partition coefficient (Wildman–Crippen LogP) is 8.08. The summed E-state index contributed by atoms with van der Waals surface area (Å²) >= 11 is 6.12. The summed E-state index contributed by atoms with van der Waals surface area (Å²) in [7, 11) is 0. The van der Waals surface area contributed by atoms with Crippen LogP contribution in [0.5, 0.6) is 11.5 Å². The minimum absolute atomic E-state index is 0. The van der Waals surface area contributed by atoms with E-state index in [9.17, 15) is 0 Å². The molecule has 5 rings (SSSR count). The van der Waals surface area contributed by atoms with Crippen LogP contribution in [0, 0.1) is 0 Å². The number of ether oxygens (including phenoxy) is 1. The first-order valence-corrected chi connectivity index (χ1v) is 12.5. The zero-order valence-electron chi connectivity index (χ0n) is 20.0. The Bertz CT molecular complexity index is 1210. The molecular formula is C29H32Cl3N3O. The summed E-state index contributed by atoms with van der Waals surface area (Å²) in [5.41, 5.74) is 3.42. The lowest BCUT2D eigenvalue weighted by Gasteiger charge is -2.30. The van der Waals surface area contributed by atoms with Crippen LogP contribution in [0.25, 0.3) is 10.9 Å². The highest BCUT2D eigenvalue weighted by molar-refractivity contribution is 6.31. The highest BCUT2D eigenvalue weighted by atomic mass is 35.5. The van der Waals surface area contributed by atoms with Crippen molar-refractivity contribution >= 4 is 53.0 Å². The number of nitrogens with one attached hydrogen (secondary N) is 2. The van der Waals surface area contributed by atoms with Gasteiger partial charge in [-0.25, -0.2) is 0 Å². The van der Waals surface area contributed by atoms with Gasteiger partial charge in [0.05, 0.1) is 5.52 Å². The molecule has 1 heterocycles. The third-order valence-electron chi connectivity index (χ3n) is 6.54. The Labute approximate surface area is 230 Å². The van der Waals surface area contributed by atoms with Gasteiger partial charge in [0.15, 0.2) is 0 Å². The molecule has 0 spiro atoms. The van der Waals surface area contributed by atoms with Crippen LogP contribution in [0.1, 0.15) is 31.2 Å². The van der Waals surface area contributed by atoms with E-state index in [-0.39, 0.29) is 24.8 Å². The van der Waals surface area contributed by atoms with Crippen molar-refractivity contribution in [2.75, 3.05) is 11.9 Å². The van der Waals surface area contributed by atoms with E-state index in [1.54, 1.807) is 0 Å². The lowest BCUT2D eigenvalue weighted by atomic mass is 9.90. The van der Waals surface area contributed by atoms with Crippen LogP contribution in [0.4, 0.5) is 5.69 Å². The molecule has 190 valence electrons. The Hall–Kier alpha value is -2.50. The molecule has 1 saturated carbocycles. The fourth-order valence-electron chi connectivity index (χ4n) is 4.68. The summed E-state index contributed by atoms with van der Waals surface area (Å²) in [5, 5.41) is 9.36. The molecule has 3 aromatic carbocycles. The second-order valence-corrected chi connectivity index (χ2v) is 9.41. The van der Waals surface area contributed by atoms with E-state index in [0.29, 0.717) is 12.1 Å². The van der Waals surface area contributed by atoms with Gasteiger partial charge in [-0.1, -0.05) is 41.9 Å². The van der Waals surface area contributed by atoms with Crippen LogP contribution >= 0.6 is 36.4 Å². The first-order valence-electron chi connectivity index (χ1n) is 12.1. The second kappa shape index (κ2) is 13.7. The molecule has 0 amide bonds. The summed E-state index contributed by atoms with van der Waals surface area (Å²) in [6.07, 6.45) is 7.60. The maximum absolute atomic E-state index is 6.12. The molecule has 2 N–H and O–H groups in total. The van der Waals surface area contributed by atoms with Crippen LogP contribution in [-0.2, 0) is 6.42 Å². The van der Waals surface area contributed by atoms with Gasteiger partial charge < -0.3 is 15.4 Å². The van der Waals surface area contributed by atoms with E-state index < -0.39 is 0 Å². The Morgan fingerprint density at radius 1 is 0.806 bits per heavy atom. The number of nitrogens with zero attached hydrogens (tertiary/aromatic N) is 1. The van der Waals surface area contributed by atoms with Gasteiger partial charge in [0.2, 0.25) is 0 Å². The van der Waals surface area contributed by atoms with Crippen LogP contribution < -0.4 is 15.4 Å². The number of hydrogen-bond donors (Lipinski definition) is 2. The van der Waals surface area contributed by atoms with Crippen molar-refractivity contribution in [3.05, 3.63) is 95.6 Å². The SMILES string of the molecule is Cl.Cl.Clc1ccc2c(N[C@H]3CC[C@H](NCCc4ccc(Oc5ccccc5)cc4)CC3)ccnc2c1. The monoisotopic (exact) mass is 543 g/mol. The Balaban J connectivity index is 0.00000180.